The maximum absolute atomic E-state index is 9.18. The number of ether oxygens (including phenoxy) is 1. The predicted octanol–water partition coefficient (Wildman–Crippen LogP) is 15.2. The van der Waals surface area contributed by atoms with Crippen LogP contribution >= 0.6 is 0 Å². The molecule has 2 aliphatic rings. The Balaban J connectivity index is 1.07. The average Bonchev–Trinajstić information content (AvgIpc) is 3.66. The van der Waals surface area contributed by atoms with E-state index in [2.05, 4.69) is 60.7 Å². The first kappa shape index (κ1) is 22.1. The van der Waals surface area contributed by atoms with E-state index in [1.165, 1.54) is 0 Å². The minimum Gasteiger partial charge on any atom is -0.456 e. The Morgan fingerprint density at radius 2 is 0.927 bits per heavy atom. The van der Waals surface area contributed by atoms with Gasteiger partial charge in [-0.15, -0.1) is 0 Å². The molecule has 0 N–H and O–H groups in total. The molecule has 0 aromatic heterocycles. The van der Waals surface area contributed by atoms with Crippen molar-refractivity contribution in [3.05, 3.63) is 194 Å². The Bertz CT molecular complexity index is 3760. The van der Waals surface area contributed by atoms with Crippen LogP contribution in [0.5, 0.6) is 11.5 Å². The van der Waals surface area contributed by atoms with Crippen LogP contribution in [-0.4, -0.2) is 0 Å². The minimum atomic E-state index is -0.439. The van der Waals surface area contributed by atoms with Crippen LogP contribution in [0.3, 0.4) is 0 Å². The highest BCUT2D eigenvalue weighted by molar-refractivity contribution is 6.27. The van der Waals surface area contributed by atoms with Crippen LogP contribution in [0.15, 0.2) is 194 Å². The quantitative estimate of drug-likeness (QED) is 0.177. The Labute approximate surface area is 333 Å². The molecule has 1 nitrogen and oxygen atoms in total. The highest BCUT2D eigenvalue weighted by atomic mass is 16.5. The van der Waals surface area contributed by atoms with Crippen molar-refractivity contribution in [2.45, 2.75) is 0 Å². The molecule has 0 spiro atoms. The lowest BCUT2D eigenvalue weighted by molar-refractivity contribution is 0.487. The van der Waals surface area contributed by atoms with Crippen LogP contribution < -0.4 is 4.74 Å². The fraction of sp³-hybridized carbons (Fsp3) is 0. The summed E-state index contributed by atoms with van der Waals surface area (Å²) in [6, 6.07) is 40.9. The van der Waals surface area contributed by atoms with Gasteiger partial charge in [-0.1, -0.05) is 170 Å². The van der Waals surface area contributed by atoms with E-state index in [4.69, 9.17) is 15.7 Å². The van der Waals surface area contributed by atoms with Crippen molar-refractivity contribution in [3.63, 3.8) is 0 Å². The zero-order valence-electron chi connectivity index (χ0n) is 39.1. The Kier molecular flexibility index (Phi) is 4.68. The van der Waals surface area contributed by atoms with Gasteiger partial charge in [0.15, 0.2) is 0 Å². The maximum atomic E-state index is 9.18. The van der Waals surface area contributed by atoms with Crippen molar-refractivity contribution in [2.75, 3.05) is 0 Å². The van der Waals surface area contributed by atoms with Crippen LogP contribution in [-0.2, 0) is 0 Å². The third kappa shape index (κ3) is 4.41. The van der Waals surface area contributed by atoms with Gasteiger partial charge in [-0.25, -0.2) is 0 Å². The van der Waals surface area contributed by atoms with Crippen LogP contribution in [0.1, 0.15) is 13.7 Å². The minimum absolute atomic E-state index is 0.115. The van der Waals surface area contributed by atoms with Gasteiger partial charge in [-0.05, 0) is 124 Å². The Morgan fingerprint density at radius 1 is 0.327 bits per heavy atom. The van der Waals surface area contributed by atoms with Crippen LogP contribution in [0.2, 0.25) is 0 Å². The molecule has 0 radical (unpaired) electrons. The zero-order chi connectivity index (χ0) is 44.7. The van der Waals surface area contributed by atoms with Gasteiger partial charge in [0, 0.05) is 10.9 Å². The summed E-state index contributed by atoms with van der Waals surface area (Å²) in [4.78, 5) is 0. The van der Waals surface area contributed by atoms with Gasteiger partial charge in [-0.3, -0.25) is 0 Å². The first-order valence-corrected chi connectivity index (χ1v) is 18.2. The van der Waals surface area contributed by atoms with E-state index in [0.717, 1.165) is 88.0 Å². The monoisotopic (exact) mass is 706 g/mol. The normalized spacial score (nSPS) is 14.7. The van der Waals surface area contributed by atoms with Gasteiger partial charge in [0.25, 0.3) is 0 Å². The number of benzene rings is 10. The van der Waals surface area contributed by atoms with E-state index in [0.29, 0.717) is 22.6 Å². The van der Waals surface area contributed by atoms with Crippen LogP contribution in [0.25, 0.3) is 110 Å². The van der Waals surface area contributed by atoms with Gasteiger partial charge in [0.1, 0.15) is 11.5 Å². The van der Waals surface area contributed by atoms with Crippen molar-refractivity contribution in [2.24, 2.45) is 0 Å². The molecule has 0 saturated heterocycles. The van der Waals surface area contributed by atoms with E-state index in [-0.39, 0.29) is 47.4 Å². The number of fused-ring (bicyclic) bond motifs is 6. The standard InChI is InChI=1S/C54H32O/c1-3-13-33(14-4-1)36-27-28-40-42-24-12-23-41-39(29-30-47(52(41)42)55-48(40)32-36)37-19-9-20-38(31-37)51-44-22-8-7-21-43(44)50(35-15-5-2-6-16-35)53-45-25-10-17-34-18-11-26-46(49(34)45)54(51)53/h1-32H/i1D,2D,3D,4D,5D,6D,13D,14D,15D,16D. The second-order valence-electron chi connectivity index (χ2n) is 14.0. The van der Waals surface area contributed by atoms with Crippen molar-refractivity contribution in [3.8, 4) is 89.4 Å². The predicted molar refractivity (Wildman–Crippen MR) is 231 cm³/mol. The van der Waals surface area contributed by atoms with Gasteiger partial charge in [-0.2, -0.15) is 0 Å². The third-order valence-electron chi connectivity index (χ3n) is 11.2. The molecular weight excluding hydrogens is 665 g/mol. The molecule has 1 heterocycles. The van der Waals surface area contributed by atoms with Gasteiger partial charge in [0.2, 0.25) is 0 Å². The summed E-state index contributed by atoms with van der Waals surface area (Å²) in [5, 5.41) is 5.67. The molecular formula is C54H32O. The van der Waals surface area contributed by atoms with E-state index in [1.54, 1.807) is 12.1 Å². The smallest absolute Gasteiger partial charge is 0.135 e. The summed E-state index contributed by atoms with van der Waals surface area (Å²) >= 11 is 0. The van der Waals surface area contributed by atoms with E-state index < -0.39 is 24.2 Å². The van der Waals surface area contributed by atoms with Crippen LogP contribution in [0, 0.1) is 0 Å². The zero-order valence-corrected chi connectivity index (χ0v) is 29.1. The summed E-state index contributed by atoms with van der Waals surface area (Å²) < 4.78 is 92.4. The summed E-state index contributed by atoms with van der Waals surface area (Å²) in [6.45, 7) is 0. The number of hydrogen-bond donors (Lipinski definition) is 0. The van der Waals surface area contributed by atoms with Crippen LogP contribution in [0.4, 0.5) is 0 Å². The maximum Gasteiger partial charge on any atom is 0.135 e. The molecule has 0 bridgehead atoms. The summed E-state index contributed by atoms with van der Waals surface area (Å²) in [5.41, 5.74) is 10.8. The molecule has 0 amide bonds. The Morgan fingerprint density at radius 3 is 1.67 bits per heavy atom. The molecule has 0 saturated carbocycles. The first-order chi connectivity index (χ1) is 31.4. The van der Waals surface area contributed by atoms with E-state index in [9.17, 15) is 2.74 Å². The molecule has 1 aliphatic carbocycles. The number of hydrogen-bond acceptors (Lipinski definition) is 1. The molecule has 10 aromatic rings. The van der Waals surface area contributed by atoms with Crippen molar-refractivity contribution < 1.29 is 18.4 Å². The van der Waals surface area contributed by atoms with Gasteiger partial charge in [0.05, 0.1) is 13.7 Å². The molecule has 0 fully saturated rings. The van der Waals surface area contributed by atoms with Gasteiger partial charge >= 0.3 is 0 Å². The van der Waals surface area contributed by atoms with E-state index >= 15 is 0 Å². The SMILES string of the molecule is [2H]c1c([2H])c([2H])c(-c2ccc3c(c2)Oc2ccc(-c4cccc(-c5c6c(c(-c7c([2H])c([2H])c([2H])c([2H])c7[2H])c7ccccc57)-c5cccc7cccc-6c57)c4)c4cccc-3c24)c([2H])c1[2H]. The average molecular weight is 707 g/mol. The second kappa shape index (κ2) is 11.6. The largest absolute Gasteiger partial charge is 0.456 e. The van der Waals surface area contributed by atoms with Crippen molar-refractivity contribution >= 4 is 32.3 Å². The lowest BCUT2D eigenvalue weighted by atomic mass is 9.82. The fourth-order valence-corrected chi connectivity index (χ4v) is 8.94. The van der Waals surface area contributed by atoms with Crippen molar-refractivity contribution in [1.82, 2.24) is 0 Å². The molecule has 254 valence electrons. The highest BCUT2D eigenvalue weighted by Crippen LogP contribution is 2.58. The molecule has 1 heteroatoms. The molecule has 1 aliphatic heterocycles. The van der Waals surface area contributed by atoms with E-state index in [1.807, 2.05) is 60.7 Å². The van der Waals surface area contributed by atoms with Gasteiger partial charge < -0.3 is 4.74 Å². The second-order valence-corrected chi connectivity index (χ2v) is 14.0. The highest BCUT2D eigenvalue weighted by Gasteiger charge is 2.30. The molecule has 0 unspecified atom stereocenters. The summed E-state index contributed by atoms with van der Waals surface area (Å²) in [5.74, 6) is 1.16. The Hall–Kier alpha value is -7.22. The number of rotatable bonds is 4. The fourth-order valence-electron chi connectivity index (χ4n) is 8.94. The molecule has 55 heavy (non-hydrogen) atoms. The molecule has 10 aromatic carbocycles. The lowest BCUT2D eigenvalue weighted by Crippen LogP contribution is -1.98. The molecule has 0 atom stereocenters. The van der Waals surface area contributed by atoms with Crippen molar-refractivity contribution in [1.29, 1.82) is 0 Å². The lowest BCUT2D eigenvalue weighted by Gasteiger charge is -2.23. The third-order valence-corrected chi connectivity index (χ3v) is 11.2. The summed E-state index contributed by atoms with van der Waals surface area (Å²) in [6.07, 6.45) is 0. The molecule has 12 rings (SSSR count). The summed E-state index contributed by atoms with van der Waals surface area (Å²) in [7, 11) is 0. The first-order valence-electron chi connectivity index (χ1n) is 23.2. The topological polar surface area (TPSA) is 9.23 Å².